The zero-order valence-corrected chi connectivity index (χ0v) is 38.1. The molecule has 0 heterocycles. The van der Waals surface area contributed by atoms with Crippen molar-refractivity contribution in [1.29, 1.82) is 0 Å². The first-order chi connectivity index (χ1) is 28.0. The Morgan fingerprint density at radius 3 is 0.912 bits per heavy atom. The van der Waals surface area contributed by atoms with E-state index in [1.807, 2.05) is 0 Å². The van der Waals surface area contributed by atoms with Crippen LogP contribution in [0.15, 0.2) is 24.3 Å². The van der Waals surface area contributed by atoms with E-state index in [2.05, 4.69) is 45.1 Å². The number of carbonyl (C=O) groups is 3. The summed E-state index contributed by atoms with van der Waals surface area (Å²) >= 11 is 0. The molecule has 0 saturated heterocycles. The summed E-state index contributed by atoms with van der Waals surface area (Å²) in [4.78, 5) is 37.8. The van der Waals surface area contributed by atoms with Crippen LogP contribution in [-0.2, 0) is 28.6 Å². The van der Waals surface area contributed by atoms with E-state index in [-0.39, 0.29) is 31.1 Å². The average Bonchev–Trinajstić information content (AvgIpc) is 3.21. The highest BCUT2D eigenvalue weighted by Crippen LogP contribution is 2.15. The zero-order chi connectivity index (χ0) is 41.5. The summed E-state index contributed by atoms with van der Waals surface area (Å²) in [5.74, 6) is -0.889. The first kappa shape index (κ1) is 54.9. The Bertz CT molecular complexity index is 927. The SMILES string of the molecule is CCCCCC/C=C\CCCCCCCCCC(=O)OCC(COC(=O)CCCCCCCCCCCC)OC(=O)CCCCC/C=C\CCCCCCCCC. The molecule has 0 bridgehead atoms. The molecule has 0 aliphatic rings. The Labute approximate surface area is 353 Å². The number of rotatable bonds is 45. The van der Waals surface area contributed by atoms with Crippen LogP contribution in [0.1, 0.15) is 265 Å². The fourth-order valence-electron chi connectivity index (χ4n) is 7.14. The van der Waals surface area contributed by atoms with Crippen LogP contribution >= 0.6 is 0 Å². The van der Waals surface area contributed by atoms with Gasteiger partial charge in [-0.3, -0.25) is 14.4 Å². The van der Waals surface area contributed by atoms with E-state index in [9.17, 15) is 14.4 Å². The van der Waals surface area contributed by atoms with Crippen molar-refractivity contribution in [2.75, 3.05) is 13.2 Å². The lowest BCUT2D eigenvalue weighted by Crippen LogP contribution is -2.30. The monoisotopic (exact) mass is 803 g/mol. The first-order valence-corrected chi connectivity index (χ1v) is 24.8. The molecule has 334 valence electrons. The number of hydrogen-bond donors (Lipinski definition) is 0. The van der Waals surface area contributed by atoms with Crippen LogP contribution in [0.3, 0.4) is 0 Å². The molecule has 1 unspecified atom stereocenters. The van der Waals surface area contributed by atoms with Crippen molar-refractivity contribution < 1.29 is 28.6 Å². The van der Waals surface area contributed by atoms with Gasteiger partial charge in [-0.1, -0.05) is 199 Å². The van der Waals surface area contributed by atoms with Crippen LogP contribution in [0.4, 0.5) is 0 Å². The molecule has 0 aliphatic heterocycles. The summed E-state index contributed by atoms with van der Waals surface area (Å²) in [5, 5.41) is 0. The smallest absolute Gasteiger partial charge is 0.306 e. The molecule has 1 atom stereocenters. The molecule has 0 saturated carbocycles. The molecule has 0 aromatic carbocycles. The van der Waals surface area contributed by atoms with Gasteiger partial charge in [-0.05, 0) is 70.6 Å². The quantitative estimate of drug-likeness (QED) is 0.0264. The van der Waals surface area contributed by atoms with Gasteiger partial charge in [0.2, 0.25) is 0 Å². The molecule has 0 amide bonds. The number of carbonyl (C=O) groups excluding carboxylic acids is 3. The van der Waals surface area contributed by atoms with Crippen molar-refractivity contribution in [3.8, 4) is 0 Å². The number of ether oxygens (including phenoxy) is 3. The van der Waals surface area contributed by atoms with Crippen LogP contribution < -0.4 is 0 Å². The van der Waals surface area contributed by atoms with Crippen LogP contribution in [0.5, 0.6) is 0 Å². The van der Waals surface area contributed by atoms with E-state index < -0.39 is 6.10 Å². The summed E-state index contributed by atoms with van der Waals surface area (Å²) < 4.78 is 16.7. The molecular weight excluding hydrogens is 709 g/mol. The third-order valence-corrected chi connectivity index (χ3v) is 10.9. The Morgan fingerprint density at radius 1 is 0.333 bits per heavy atom. The van der Waals surface area contributed by atoms with Crippen molar-refractivity contribution >= 4 is 17.9 Å². The van der Waals surface area contributed by atoms with Crippen molar-refractivity contribution in [3.05, 3.63) is 24.3 Å². The maximum absolute atomic E-state index is 12.7. The lowest BCUT2D eigenvalue weighted by molar-refractivity contribution is -0.167. The zero-order valence-electron chi connectivity index (χ0n) is 38.1. The Balaban J connectivity index is 4.36. The third-order valence-electron chi connectivity index (χ3n) is 10.9. The lowest BCUT2D eigenvalue weighted by Gasteiger charge is -2.18. The van der Waals surface area contributed by atoms with Crippen molar-refractivity contribution in [1.82, 2.24) is 0 Å². The van der Waals surface area contributed by atoms with Crippen molar-refractivity contribution in [3.63, 3.8) is 0 Å². The summed E-state index contributed by atoms with van der Waals surface area (Å²) in [7, 11) is 0. The van der Waals surface area contributed by atoms with Gasteiger partial charge in [0.05, 0.1) is 0 Å². The van der Waals surface area contributed by atoms with E-state index in [0.717, 1.165) is 70.6 Å². The van der Waals surface area contributed by atoms with Gasteiger partial charge in [0.15, 0.2) is 6.10 Å². The van der Waals surface area contributed by atoms with Gasteiger partial charge in [0.25, 0.3) is 0 Å². The highest BCUT2D eigenvalue weighted by Gasteiger charge is 2.19. The molecule has 0 aromatic rings. The average molecular weight is 803 g/mol. The van der Waals surface area contributed by atoms with Crippen molar-refractivity contribution in [2.24, 2.45) is 0 Å². The van der Waals surface area contributed by atoms with E-state index in [0.29, 0.717) is 19.3 Å². The maximum Gasteiger partial charge on any atom is 0.306 e. The van der Waals surface area contributed by atoms with Gasteiger partial charge in [-0.15, -0.1) is 0 Å². The number of allylic oxidation sites excluding steroid dienone is 4. The molecule has 0 aromatic heterocycles. The second kappa shape index (κ2) is 46.6. The predicted molar refractivity (Wildman–Crippen MR) is 243 cm³/mol. The highest BCUT2D eigenvalue weighted by atomic mass is 16.6. The third kappa shape index (κ3) is 44.8. The standard InChI is InChI=1S/C51H94O6/c1-4-7-10-13-16-19-22-24-26-28-29-32-35-38-41-44-50(53)56-47-48(46-55-49(52)43-40-37-34-31-21-18-15-12-9-6-3)57-51(54)45-42-39-36-33-30-27-25-23-20-17-14-11-8-5-2/h19,22,27,30,48H,4-18,20-21,23-26,28-29,31-47H2,1-3H3/b22-19-,30-27-. The first-order valence-electron chi connectivity index (χ1n) is 24.8. The van der Waals surface area contributed by atoms with Crippen LogP contribution in [-0.4, -0.2) is 37.2 Å². The number of esters is 3. The lowest BCUT2D eigenvalue weighted by atomic mass is 10.1. The topological polar surface area (TPSA) is 78.9 Å². The minimum absolute atomic E-state index is 0.0755. The fourth-order valence-corrected chi connectivity index (χ4v) is 7.14. The molecule has 0 radical (unpaired) electrons. The van der Waals surface area contributed by atoms with Gasteiger partial charge in [-0.2, -0.15) is 0 Å². The Hall–Kier alpha value is -2.11. The highest BCUT2D eigenvalue weighted by molar-refractivity contribution is 5.71. The van der Waals surface area contributed by atoms with Gasteiger partial charge < -0.3 is 14.2 Å². The summed E-state index contributed by atoms with van der Waals surface area (Å²) in [5.41, 5.74) is 0. The Morgan fingerprint density at radius 2 is 0.579 bits per heavy atom. The molecule has 0 N–H and O–H groups in total. The van der Waals surface area contributed by atoms with Crippen LogP contribution in [0, 0.1) is 0 Å². The van der Waals surface area contributed by atoms with Gasteiger partial charge in [0.1, 0.15) is 13.2 Å². The number of unbranched alkanes of at least 4 members (excludes halogenated alkanes) is 30. The molecule has 0 rings (SSSR count). The van der Waals surface area contributed by atoms with Gasteiger partial charge in [0, 0.05) is 19.3 Å². The molecule has 0 spiro atoms. The molecule has 6 nitrogen and oxygen atoms in total. The molecular formula is C51H94O6. The maximum atomic E-state index is 12.7. The van der Waals surface area contributed by atoms with Crippen molar-refractivity contribution in [2.45, 2.75) is 271 Å². The predicted octanol–water partition coefficient (Wildman–Crippen LogP) is 16.0. The summed E-state index contributed by atoms with van der Waals surface area (Å²) in [6.07, 6.45) is 51.6. The molecule has 6 heteroatoms. The second-order valence-corrected chi connectivity index (χ2v) is 16.7. The Kier molecular flexibility index (Phi) is 44.9. The fraction of sp³-hybridized carbons (Fsp3) is 0.863. The second-order valence-electron chi connectivity index (χ2n) is 16.7. The van der Waals surface area contributed by atoms with Crippen LogP contribution in [0.2, 0.25) is 0 Å². The molecule has 0 aliphatic carbocycles. The summed E-state index contributed by atoms with van der Waals surface area (Å²) in [6.45, 7) is 6.61. The van der Waals surface area contributed by atoms with E-state index in [1.54, 1.807) is 0 Å². The summed E-state index contributed by atoms with van der Waals surface area (Å²) in [6, 6.07) is 0. The largest absolute Gasteiger partial charge is 0.462 e. The number of hydrogen-bond acceptors (Lipinski definition) is 6. The minimum Gasteiger partial charge on any atom is -0.462 e. The van der Waals surface area contributed by atoms with E-state index >= 15 is 0 Å². The minimum atomic E-state index is -0.774. The molecule has 57 heavy (non-hydrogen) atoms. The molecule has 0 fully saturated rings. The van der Waals surface area contributed by atoms with E-state index in [1.165, 1.54) is 154 Å². The van der Waals surface area contributed by atoms with Gasteiger partial charge in [-0.25, -0.2) is 0 Å². The van der Waals surface area contributed by atoms with Gasteiger partial charge >= 0.3 is 17.9 Å². The normalized spacial score (nSPS) is 12.1. The van der Waals surface area contributed by atoms with E-state index in [4.69, 9.17) is 14.2 Å². The van der Waals surface area contributed by atoms with Crippen LogP contribution in [0.25, 0.3) is 0 Å².